The number of benzene rings is 1. The SMILES string of the molecule is CCOc1ccc(NC(=O)CC(N)C(C)(C)C)c(C)c1. The third-order valence-electron chi connectivity index (χ3n) is 3.30. The van der Waals surface area contributed by atoms with Crippen molar-refractivity contribution < 1.29 is 9.53 Å². The lowest BCUT2D eigenvalue weighted by molar-refractivity contribution is -0.117. The van der Waals surface area contributed by atoms with Crippen LogP contribution in [0.1, 0.15) is 39.7 Å². The van der Waals surface area contributed by atoms with Gasteiger partial charge in [0.15, 0.2) is 0 Å². The molecule has 1 atom stereocenters. The quantitative estimate of drug-likeness (QED) is 0.870. The van der Waals surface area contributed by atoms with Gasteiger partial charge in [0.25, 0.3) is 0 Å². The molecule has 1 aromatic rings. The van der Waals surface area contributed by atoms with Gasteiger partial charge in [0.2, 0.25) is 5.91 Å². The van der Waals surface area contributed by atoms with Gasteiger partial charge >= 0.3 is 0 Å². The van der Waals surface area contributed by atoms with Gasteiger partial charge in [0, 0.05) is 18.2 Å². The van der Waals surface area contributed by atoms with E-state index in [-0.39, 0.29) is 17.4 Å². The molecule has 4 heteroatoms. The van der Waals surface area contributed by atoms with Crippen LogP contribution in [0.25, 0.3) is 0 Å². The van der Waals surface area contributed by atoms with Gasteiger partial charge in [0.05, 0.1) is 6.61 Å². The molecule has 0 aliphatic rings. The average molecular weight is 278 g/mol. The zero-order valence-corrected chi connectivity index (χ0v) is 13.1. The maximum Gasteiger partial charge on any atom is 0.225 e. The first-order chi connectivity index (χ1) is 9.24. The van der Waals surface area contributed by atoms with Gasteiger partial charge in [-0.15, -0.1) is 0 Å². The second kappa shape index (κ2) is 6.75. The number of carbonyl (C=O) groups is 1. The third kappa shape index (κ3) is 4.85. The Kier molecular flexibility index (Phi) is 5.57. The number of anilines is 1. The molecule has 0 bridgehead atoms. The van der Waals surface area contributed by atoms with Crippen molar-refractivity contribution in [3.63, 3.8) is 0 Å². The fraction of sp³-hybridized carbons (Fsp3) is 0.562. The molecule has 20 heavy (non-hydrogen) atoms. The summed E-state index contributed by atoms with van der Waals surface area (Å²) in [5.41, 5.74) is 7.73. The van der Waals surface area contributed by atoms with Crippen LogP contribution >= 0.6 is 0 Å². The van der Waals surface area contributed by atoms with Crippen molar-refractivity contribution in [3.05, 3.63) is 23.8 Å². The van der Waals surface area contributed by atoms with Crippen molar-refractivity contribution in [2.75, 3.05) is 11.9 Å². The number of carbonyl (C=O) groups excluding carboxylic acids is 1. The Balaban J connectivity index is 2.67. The van der Waals surface area contributed by atoms with Gasteiger partial charge in [-0.1, -0.05) is 20.8 Å². The molecular weight excluding hydrogens is 252 g/mol. The van der Waals surface area contributed by atoms with E-state index >= 15 is 0 Å². The zero-order chi connectivity index (χ0) is 15.3. The van der Waals surface area contributed by atoms with Crippen molar-refractivity contribution in [3.8, 4) is 5.75 Å². The fourth-order valence-corrected chi connectivity index (χ4v) is 1.74. The number of nitrogens with one attached hydrogen (secondary N) is 1. The van der Waals surface area contributed by atoms with Crippen LogP contribution < -0.4 is 15.8 Å². The normalized spacial score (nSPS) is 12.9. The third-order valence-corrected chi connectivity index (χ3v) is 3.30. The number of hydrogen-bond donors (Lipinski definition) is 2. The molecule has 1 aromatic carbocycles. The molecule has 0 fully saturated rings. The lowest BCUT2D eigenvalue weighted by atomic mass is 9.85. The van der Waals surface area contributed by atoms with E-state index < -0.39 is 0 Å². The van der Waals surface area contributed by atoms with E-state index in [1.165, 1.54) is 0 Å². The van der Waals surface area contributed by atoms with E-state index in [1.807, 2.05) is 52.8 Å². The largest absolute Gasteiger partial charge is 0.494 e. The number of nitrogens with two attached hydrogens (primary N) is 1. The average Bonchev–Trinajstić information content (AvgIpc) is 2.31. The number of hydrogen-bond acceptors (Lipinski definition) is 3. The van der Waals surface area contributed by atoms with E-state index in [9.17, 15) is 4.79 Å². The van der Waals surface area contributed by atoms with Crippen LogP contribution in [0.4, 0.5) is 5.69 Å². The molecule has 0 heterocycles. The van der Waals surface area contributed by atoms with Crippen molar-refractivity contribution in [2.45, 2.75) is 47.1 Å². The van der Waals surface area contributed by atoms with Gasteiger partial charge < -0.3 is 15.8 Å². The van der Waals surface area contributed by atoms with Crippen LogP contribution in [0.2, 0.25) is 0 Å². The predicted molar refractivity (Wildman–Crippen MR) is 83.0 cm³/mol. The minimum absolute atomic E-state index is 0.0558. The Bertz CT molecular complexity index is 464. The molecule has 0 saturated heterocycles. The summed E-state index contributed by atoms with van der Waals surface area (Å²) in [6.07, 6.45) is 0.316. The van der Waals surface area contributed by atoms with Gasteiger partial charge in [-0.25, -0.2) is 0 Å². The Hall–Kier alpha value is -1.55. The highest BCUT2D eigenvalue weighted by Gasteiger charge is 2.23. The van der Waals surface area contributed by atoms with E-state index in [0.29, 0.717) is 13.0 Å². The summed E-state index contributed by atoms with van der Waals surface area (Å²) < 4.78 is 5.42. The second-order valence-corrected chi connectivity index (χ2v) is 6.13. The van der Waals surface area contributed by atoms with Crippen LogP contribution in [0.15, 0.2) is 18.2 Å². The highest BCUT2D eigenvalue weighted by atomic mass is 16.5. The smallest absolute Gasteiger partial charge is 0.225 e. The minimum Gasteiger partial charge on any atom is -0.494 e. The summed E-state index contributed by atoms with van der Waals surface area (Å²) in [4.78, 5) is 12.0. The molecule has 0 spiro atoms. The number of amides is 1. The molecule has 4 nitrogen and oxygen atoms in total. The maximum atomic E-state index is 12.0. The first-order valence-electron chi connectivity index (χ1n) is 7.03. The fourth-order valence-electron chi connectivity index (χ4n) is 1.74. The lowest BCUT2D eigenvalue weighted by Crippen LogP contribution is -2.38. The standard InChI is InChI=1S/C16H26N2O2/c1-6-20-12-7-8-13(11(2)9-12)18-15(19)10-14(17)16(3,4)5/h7-9,14H,6,10,17H2,1-5H3,(H,18,19). The van der Waals surface area contributed by atoms with Crippen LogP contribution in [-0.2, 0) is 4.79 Å². The molecule has 3 N–H and O–H groups in total. The zero-order valence-electron chi connectivity index (χ0n) is 13.1. The molecule has 0 aromatic heterocycles. The van der Waals surface area contributed by atoms with Crippen LogP contribution in [0.3, 0.4) is 0 Å². The van der Waals surface area contributed by atoms with Crippen molar-refractivity contribution in [1.29, 1.82) is 0 Å². The number of aryl methyl sites for hydroxylation is 1. The molecule has 112 valence electrons. The first kappa shape index (κ1) is 16.5. The summed E-state index contributed by atoms with van der Waals surface area (Å²) in [5, 5.41) is 2.91. The van der Waals surface area contributed by atoms with Crippen molar-refractivity contribution >= 4 is 11.6 Å². The van der Waals surface area contributed by atoms with E-state index in [2.05, 4.69) is 5.32 Å². The van der Waals surface area contributed by atoms with E-state index in [1.54, 1.807) is 0 Å². The first-order valence-corrected chi connectivity index (χ1v) is 7.03. The molecule has 0 aliphatic carbocycles. The molecule has 0 aliphatic heterocycles. The maximum absolute atomic E-state index is 12.0. The molecule has 0 radical (unpaired) electrons. The molecule has 1 amide bonds. The van der Waals surface area contributed by atoms with E-state index in [0.717, 1.165) is 17.0 Å². The molecule has 0 saturated carbocycles. The number of rotatable bonds is 5. The van der Waals surface area contributed by atoms with Gasteiger partial charge in [-0.05, 0) is 43.0 Å². The highest BCUT2D eigenvalue weighted by molar-refractivity contribution is 5.92. The summed E-state index contributed by atoms with van der Waals surface area (Å²) >= 11 is 0. The van der Waals surface area contributed by atoms with Crippen LogP contribution in [0, 0.1) is 12.3 Å². The van der Waals surface area contributed by atoms with Gasteiger partial charge in [0.1, 0.15) is 5.75 Å². The summed E-state index contributed by atoms with van der Waals surface area (Å²) in [6, 6.07) is 5.48. The Morgan fingerprint density at radius 1 is 1.40 bits per heavy atom. The summed E-state index contributed by atoms with van der Waals surface area (Å²) in [6.45, 7) is 10.6. The number of ether oxygens (including phenoxy) is 1. The van der Waals surface area contributed by atoms with Crippen LogP contribution in [-0.4, -0.2) is 18.6 Å². The monoisotopic (exact) mass is 278 g/mol. The van der Waals surface area contributed by atoms with Crippen LogP contribution in [0.5, 0.6) is 5.75 Å². The Morgan fingerprint density at radius 2 is 2.05 bits per heavy atom. The molecule has 1 rings (SSSR count). The Labute approximate surface area is 121 Å². The highest BCUT2D eigenvalue weighted by Crippen LogP contribution is 2.23. The second-order valence-electron chi connectivity index (χ2n) is 6.13. The predicted octanol–water partition coefficient (Wildman–Crippen LogP) is 3.10. The molecular formula is C16H26N2O2. The lowest BCUT2D eigenvalue weighted by Gasteiger charge is -2.26. The van der Waals surface area contributed by atoms with Crippen molar-refractivity contribution in [1.82, 2.24) is 0 Å². The van der Waals surface area contributed by atoms with Crippen molar-refractivity contribution in [2.24, 2.45) is 11.1 Å². The van der Waals surface area contributed by atoms with Gasteiger partial charge in [-0.2, -0.15) is 0 Å². The minimum atomic E-state index is -0.162. The summed E-state index contributed by atoms with van der Waals surface area (Å²) in [5.74, 6) is 0.758. The Morgan fingerprint density at radius 3 is 2.55 bits per heavy atom. The molecule has 1 unspecified atom stereocenters. The topological polar surface area (TPSA) is 64.3 Å². The van der Waals surface area contributed by atoms with E-state index in [4.69, 9.17) is 10.5 Å². The van der Waals surface area contributed by atoms with Gasteiger partial charge in [-0.3, -0.25) is 4.79 Å². The summed E-state index contributed by atoms with van der Waals surface area (Å²) in [7, 11) is 0.